The van der Waals surface area contributed by atoms with Crippen molar-refractivity contribution in [3.8, 4) is 6.07 Å². The van der Waals surface area contributed by atoms with Crippen LogP contribution in [-0.4, -0.2) is 17.9 Å². The van der Waals surface area contributed by atoms with Crippen LogP contribution in [0, 0.1) is 22.7 Å². The molecule has 0 spiro atoms. The van der Waals surface area contributed by atoms with E-state index in [1.165, 1.54) is 5.57 Å². The summed E-state index contributed by atoms with van der Waals surface area (Å²) in [6.07, 6.45) is 7.04. The molecule has 15 heavy (non-hydrogen) atoms. The summed E-state index contributed by atoms with van der Waals surface area (Å²) in [4.78, 5) is 13.5. The minimum absolute atomic E-state index is 0.0616. The summed E-state index contributed by atoms with van der Waals surface area (Å²) in [6, 6.07) is 2.31. The normalized spacial score (nSPS) is 34.5. The molecule has 1 aliphatic carbocycles. The summed E-state index contributed by atoms with van der Waals surface area (Å²) < 4.78 is 0. The third-order valence-electron chi connectivity index (χ3n) is 3.39. The van der Waals surface area contributed by atoms with Crippen molar-refractivity contribution in [3.05, 3.63) is 23.9 Å². The fourth-order valence-electron chi connectivity index (χ4n) is 2.29. The number of rotatable bonds is 0. The van der Waals surface area contributed by atoms with E-state index in [1.54, 1.807) is 18.1 Å². The molecular weight excluding hydrogens is 188 g/mol. The van der Waals surface area contributed by atoms with Gasteiger partial charge in [0.1, 0.15) is 0 Å². The van der Waals surface area contributed by atoms with Crippen LogP contribution in [0.25, 0.3) is 0 Å². The Balaban J connectivity index is 2.46. The predicted octanol–water partition coefficient (Wildman–Crippen LogP) is 1.84. The molecule has 0 aromatic heterocycles. The molecule has 3 heteroatoms. The van der Waals surface area contributed by atoms with Gasteiger partial charge in [-0.25, -0.2) is 0 Å². The zero-order valence-electron chi connectivity index (χ0n) is 9.03. The van der Waals surface area contributed by atoms with Crippen LogP contribution in [0.2, 0.25) is 0 Å². The van der Waals surface area contributed by atoms with E-state index in [9.17, 15) is 10.1 Å². The molecule has 0 saturated heterocycles. The lowest BCUT2D eigenvalue weighted by atomic mass is 9.66. The average molecular weight is 202 g/mol. The van der Waals surface area contributed by atoms with E-state index in [1.807, 2.05) is 13.0 Å². The molecule has 1 aliphatic heterocycles. The first-order valence-corrected chi connectivity index (χ1v) is 5.12. The highest BCUT2D eigenvalue weighted by Gasteiger charge is 2.46. The SMILES string of the molecule is CC1=CC[C@]2(C#N)C=CN(C)C(=O)[C@@H]2C1. The number of allylic oxidation sites excluding steroid dienone is 3. The maximum Gasteiger partial charge on any atom is 0.231 e. The minimum atomic E-state index is -0.594. The average Bonchev–Trinajstić information content (AvgIpc) is 2.25. The Hall–Kier alpha value is -1.56. The van der Waals surface area contributed by atoms with Crippen molar-refractivity contribution >= 4 is 5.91 Å². The third-order valence-corrected chi connectivity index (χ3v) is 3.39. The number of carbonyl (C=O) groups is 1. The van der Waals surface area contributed by atoms with Crippen molar-refractivity contribution in [1.82, 2.24) is 4.90 Å². The Kier molecular flexibility index (Phi) is 2.15. The molecule has 78 valence electrons. The molecule has 2 rings (SSSR count). The molecule has 0 unspecified atom stereocenters. The number of nitrogens with zero attached hydrogens (tertiary/aromatic N) is 2. The van der Waals surface area contributed by atoms with Gasteiger partial charge in [-0.2, -0.15) is 5.26 Å². The number of fused-ring (bicyclic) bond motifs is 1. The van der Waals surface area contributed by atoms with Crippen LogP contribution < -0.4 is 0 Å². The summed E-state index contributed by atoms with van der Waals surface area (Å²) in [5, 5.41) is 9.27. The highest BCUT2D eigenvalue weighted by atomic mass is 16.2. The van der Waals surface area contributed by atoms with Crippen molar-refractivity contribution in [3.63, 3.8) is 0 Å². The number of carbonyl (C=O) groups excluding carboxylic acids is 1. The van der Waals surface area contributed by atoms with E-state index >= 15 is 0 Å². The van der Waals surface area contributed by atoms with E-state index < -0.39 is 5.41 Å². The third kappa shape index (κ3) is 1.37. The number of amides is 1. The maximum atomic E-state index is 12.0. The number of hydrogen-bond donors (Lipinski definition) is 0. The van der Waals surface area contributed by atoms with Gasteiger partial charge in [0, 0.05) is 13.2 Å². The van der Waals surface area contributed by atoms with Gasteiger partial charge in [0.25, 0.3) is 0 Å². The predicted molar refractivity (Wildman–Crippen MR) is 56.4 cm³/mol. The van der Waals surface area contributed by atoms with Gasteiger partial charge in [-0.05, 0) is 25.8 Å². The molecule has 0 aromatic rings. The standard InChI is InChI=1S/C12H14N2O/c1-9-3-4-12(8-13)5-6-14(2)11(15)10(12)7-9/h3,5-6,10H,4,7H2,1-2H3/t10-,12+/m0/s1. The lowest BCUT2D eigenvalue weighted by molar-refractivity contribution is -0.135. The first-order valence-electron chi connectivity index (χ1n) is 5.12. The Bertz CT molecular complexity index is 402. The van der Waals surface area contributed by atoms with Gasteiger partial charge in [0.2, 0.25) is 5.91 Å². The largest absolute Gasteiger partial charge is 0.322 e. The van der Waals surface area contributed by atoms with Crippen LogP contribution in [0.3, 0.4) is 0 Å². The number of nitriles is 1. The summed E-state index contributed by atoms with van der Waals surface area (Å²) in [5.41, 5.74) is 0.617. The van der Waals surface area contributed by atoms with Gasteiger partial charge in [0.05, 0.1) is 17.4 Å². The summed E-state index contributed by atoms with van der Waals surface area (Å²) in [7, 11) is 1.74. The molecule has 2 aliphatic rings. The molecule has 0 bridgehead atoms. The van der Waals surface area contributed by atoms with Crippen molar-refractivity contribution in [1.29, 1.82) is 5.26 Å². The zero-order chi connectivity index (χ0) is 11.1. The molecule has 1 heterocycles. The van der Waals surface area contributed by atoms with Crippen LogP contribution in [-0.2, 0) is 4.79 Å². The summed E-state index contributed by atoms with van der Waals surface area (Å²) in [5.74, 6) is -0.131. The Labute approximate surface area is 89.7 Å². The van der Waals surface area contributed by atoms with Crippen LogP contribution >= 0.6 is 0 Å². The first-order chi connectivity index (χ1) is 7.09. The van der Waals surface area contributed by atoms with E-state index in [2.05, 4.69) is 12.1 Å². The Morgan fingerprint density at radius 1 is 1.67 bits per heavy atom. The van der Waals surface area contributed by atoms with Crippen molar-refractivity contribution in [2.75, 3.05) is 7.05 Å². The minimum Gasteiger partial charge on any atom is -0.322 e. The second-order valence-corrected chi connectivity index (χ2v) is 4.43. The highest BCUT2D eigenvalue weighted by Crippen LogP contribution is 2.44. The molecule has 0 fully saturated rings. The summed E-state index contributed by atoms with van der Waals surface area (Å²) in [6.45, 7) is 2.02. The van der Waals surface area contributed by atoms with Gasteiger partial charge in [-0.3, -0.25) is 4.79 Å². The summed E-state index contributed by atoms with van der Waals surface area (Å²) >= 11 is 0. The van der Waals surface area contributed by atoms with Gasteiger partial charge in [-0.1, -0.05) is 11.6 Å². The van der Waals surface area contributed by atoms with Crippen LogP contribution in [0.4, 0.5) is 0 Å². The maximum absolute atomic E-state index is 12.0. The van der Waals surface area contributed by atoms with Crippen LogP contribution in [0.15, 0.2) is 23.9 Å². The molecule has 1 amide bonds. The fraction of sp³-hybridized carbons (Fsp3) is 0.500. The second-order valence-electron chi connectivity index (χ2n) is 4.43. The topological polar surface area (TPSA) is 44.1 Å². The van der Waals surface area contributed by atoms with Crippen LogP contribution in [0.1, 0.15) is 19.8 Å². The van der Waals surface area contributed by atoms with Gasteiger partial charge >= 0.3 is 0 Å². The number of hydrogen-bond acceptors (Lipinski definition) is 2. The molecule has 0 N–H and O–H groups in total. The van der Waals surface area contributed by atoms with Crippen LogP contribution in [0.5, 0.6) is 0 Å². The molecule has 0 radical (unpaired) electrons. The molecular formula is C12H14N2O. The van der Waals surface area contributed by atoms with Crippen molar-refractivity contribution in [2.45, 2.75) is 19.8 Å². The van der Waals surface area contributed by atoms with E-state index in [4.69, 9.17) is 0 Å². The Morgan fingerprint density at radius 2 is 2.40 bits per heavy atom. The molecule has 0 aromatic carbocycles. The van der Waals surface area contributed by atoms with E-state index in [0.717, 1.165) is 0 Å². The van der Waals surface area contributed by atoms with E-state index in [0.29, 0.717) is 12.8 Å². The van der Waals surface area contributed by atoms with Gasteiger partial charge < -0.3 is 4.90 Å². The highest BCUT2D eigenvalue weighted by molar-refractivity contribution is 5.83. The van der Waals surface area contributed by atoms with Gasteiger partial charge in [-0.15, -0.1) is 0 Å². The zero-order valence-corrected chi connectivity index (χ0v) is 9.03. The van der Waals surface area contributed by atoms with Crippen molar-refractivity contribution in [2.24, 2.45) is 11.3 Å². The Morgan fingerprint density at radius 3 is 3.07 bits per heavy atom. The van der Waals surface area contributed by atoms with E-state index in [-0.39, 0.29) is 11.8 Å². The molecule has 2 atom stereocenters. The smallest absolute Gasteiger partial charge is 0.231 e. The lowest BCUT2D eigenvalue weighted by Crippen LogP contribution is -2.44. The quantitative estimate of drug-likeness (QED) is 0.562. The fourth-order valence-corrected chi connectivity index (χ4v) is 2.29. The second kappa shape index (κ2) is 3.23. The monoisotopic (exact) mass is 202 g/mol. The van der Waals surface area contributed by atoms with Gasteiger partial charge in [0.15, 0.2) is 0 Å². The molecule has 0 saturated carbocycles. The van der Waals surface area contributed by atoms with Crippen molar-refractivity contribution < 1.29 is 4.79 Å². The lowest BCUT2D eigenvalue weighted by Gasteiger charge is -2.39. The molecule has 3 nitrogen and oxygen atoms in total. The first kappa shape index (κ1) is 9.97.